The van der Waals surface area contributed by atoms with E-state index in [-0.39, 0.29) is 0 Å². The average Bonchev–Trinajstić information content (AvgIpc) is 3.49. The van der Waals surface area contributed by atoms with Gasteiger partial charge in [0.2, 0.25) is 4.96 Å². The number of aromatic nitrogens is 5. The van der Waals surface area contributed by atoms with E-state index < -0.39 is 0 Å². The number of hydrogen-bond acceptors (Lipinski definition) is 6. The number of benzene rings is 2. The zero-order chi connectivity index (χ0) is 20.9. The monoisotopic (exact) mass is 487 g/mol. The van der Waals surface area contributed by atoms with E-state index in [4.69, 9.17) is 14.5 Å². The van der Waals surface area contributed by atoms with Crippen molar-refractivity contribution in [3.63, 3.8) is 0 Å². The molecular weight excluding hydrogens is 474 g/mol. The molecule has 0 bridgehead atoms. The number of nitrogens with zero attached hydrogens (tertiary/aromatic N) is 5. The molecule has 0 atom stereocenters. The molecule has 6 nitrogen and oxygen atoms in total. The summed E-state index contributed by atoms with van der Waals surface area (Å²) in [6.07, 6.45) is 1.65. The van der Waals surface area contributed by atoms with Gasteiger partial charge in [-0.2, -0.15) is 9.61 Å². The SMILES string of the molecule is Cc1occc1-c1nnc2sc(-c3cc(-c4ccccc4)nc4ccc(Br)cc34)nn12. The van der Waals surface area contributed by atoms with E-state index in [1.165, 1.54) is 11.3 Å². The second-order valence-corrected chi connectivity index (χ2v) is 8.97. The van der Waals surface area contributed by atoms with Crippen molar-refractivity contribution in [3.8, 4) is 33.2 Å². The summed E-state index contributed by atoms with van der Waals surface area (Å²) >= 11 is 5.10. The zero-order valence-corrected chi connectivity index (χ0v) is 18.7. The highest BCUT2D eigenvalue weighted by atomic mass is 79.9. The number of fused-ring (bicyclic) bond motifs is 2. The van der Waals surface area contributed by atoms with Crippen LogP contribution in [-0.2, 0) is 0 Å². The maximum absolute atomic E-state index is 5.45. The number of pyridine rings is 1. The van der Waals surface area contributed by atoms with Crippen molar-refractivity contribution in [1.29, 1.82) is 0 Å². The summed E-state index contributed by atoms with van der Waals surface area (Å²) in [6, 6.07) is 20.3. The Morgan fingerprint density at radius 3 is 2.65 bits per heavy atom. The van der Waals surface area contributed by atoms with E-state index >= 15 is 0 Å². The van der Waals surface area contributed by atoms with Gasteiger partial charge in [-0.3, -0.25) is 0 Å². The molecule has 2 aromatic carbocycles. The second-order valence-electron chi connectivity index (χ2n) is 7.10. The van der Waals surface area contributed by atoms with Crippen LogP contribution in [0.1, 0.15) is 5.76 Å². The minimum absolute atomic E-state index is 0.673. The topological polar surface area (TPSA) is 69.1 Å². The molecule has 8 heteroatoms. The molecule has 0 fully saturated rings. The first kappa shape index (κ1) is 18.4. The van der Waals surface area contributed by atoms with Gasteiger partial charge in [-0.25, -0.2) is 4.98 Å². The highest BCUT2D eigenvalue weighted by Crippen LogP contribution is 2.36. The first-order chi connectivity index (χ1) is 15.2. The van der Waals surface area contributed by atoms with Crippen molar-refractivity contribution >= 4 is 43.1 Å². The molecule has 150 valence electrons. The summed E-state index contributed by atoms with van der Waals surface area (Å²) < 4.78 is 8.22. The third kappa shape index (κ3) is 3.07. The van der Waals surface area contributed by atoms with E-state index in [1.807, 2.05) is 43.3 Å². The maximum atomic E-state index is 5.45. The lowest BCUT2D eigenvalue weighted by atomic mass is 10.0. The van der Waals surface area contributed by atoms with E-state index in [0.29, 0.717) is 5.82 Å². The molecule has 0 aliphatic rings. The molecule has 6 rings (SSSR count). The summed E-state index contributed by atoms with van der Waals surface area (Å²) in [5.41, 5.74) is 4.78. The van der Waals surface area contributed by atoms with E-state index in [9.17, 15) is 0 Å². The van der Waals surface area contributed by atoms with Gasteiger partial charge in [0.15, 0.2) is 5.82 Å². The van der Waals surface area contributed by atoms with Crippen LogP contribution in [0.25, 0.3) is 49.1 Å². The predicted octanol–water partition coefficient (Wildman–Crippen LogP) is 6.40. The quantitative estimate of drug-likeness (QED) is 0.288. The fourth-order valence-corrected chi connectivity index (χ4v) is 4.87. The van der Waals surface area contributed by atoms with Crippen molar-refractivity contribution in [3.05, 3.63) is 77.2 Å². The molecule has 0 aliphatic heterocycles. The van der Waals surface area contributed by atoms with Gasteiger partial charge in [0.1, 0.15) is 10.8 Å². The van der Waals surface area contributed by atoms with E-state index in [2.05, 4.69) is 50.4 Å². The highest BCUT2D eigenvalue weighted by Gasteiger charge is 2.19. The number of aryl methyl sites for hydroxylation is 1. The molecule has 0 N–H and O–H groups in total. The van der Waals surface area contributed by atoms with Gasteiger partial charge in [-0.15, -0.1) is 10.2 Å². The number of halogens is 1. The Kier molecular flexibility index (Phi) is 4.22. The van der Waals surface area contributed by atoms with Crippen molar-refractivity contribution in [1.82, 2.24) is 24.8 Å². The Morgan fingerprint density at radius 1 is 0.968 bits per heavy atom. The molecule has 0 aliphatic carbocycles. The van der Waals surface area contributed by atoms with Gasteiger partial charge < -0.3 is 4.42 Å². The van der Waals surface area contributed by atoms with Gasteiger partial charge in [-0.05, 0) is 37.3 Å². The minimum Gasteiger partial charge on any atom is -0.469 e. The first-order valence-corrected chi connectivity index (χ1v) is 11.2. The molecule has 0 spiro atoms. The fourth-order valence-electron chi connectivity index (χ4n) is 3.64. The van der Waals surface area contributed by atoms with Crippen LogP contribution in [0.4, 0.5) is 0 Å². The standard InChI is InChI=1S/C23H14BrN5OS/c1-13-16(9-10-30-13)21-26-27-23-29(21)28-22(31-23)18-12-20(14-5-3-2-4-6-14)25-19-8-7-15(24)11-17(18)19/h2-12H,1H3. The smallest absolute Gasteiger partial charge is 0.235 e. The molecule has 0 radical (unpaired) electrons. The zero-order valence-electron chi connectivity index (χ0n) is 16.3. The molecule has 31 heavy (non-hydrogen) atoms. The van der Waals surface area contributed by atoms with Crippen LogP contribution in [0.3, 0.4) is 0 Å². The molecule has 0 saturated heterocycles. The van der Waals surface area contributed by atoms with Crippen LogP contribution in [0.2, 0.25) is 0 Å². The number of rotatable bonds is 3. The lowest BCUT2D eigenvalue weighted by molar-refractivity contribution is 0.535. The van der Waals surface area contributed by atoms with E-state index in [0.717, 1.165) is 53.5 Å². The lowest BCUT2D eigenvalue weighted by Gasteiger charge is -2.08. The highest BCUT2D eigenvalue weighted by molar-refractivity contribution is 9.10. The van der Waals surface area contributed by atoms with Crippen LogP contribution in [0, 0.1) is 6.92 Å². The Bertz CT molecular complexity index is 1570. The maximum Gasteiger partial charge on any atom is 0.235 e. The molecule has 0 saturated carbocycles. The molecule has 0 amide bonds. The Labute approximate surface area is 189 Å². The number of furan rings is 1. The van der Waals surface area contributed by atoms with Crippen LogP contribution >= 0.6 is 27.3 Å². The van der Waals surface area contributed by atoms with Gasteiger partial charge in [-0.1, -0.05) is 57.6 Å². The molecule has 4 aromatic heterocycles. The van der Waals surface area contributed by atoms with E-state index in [1.54, 1.807) is 10.8 Å². The summed E-state index contributed by atoms with van der Waals surface area (Å²) in [7, 11) is 0. The summed E-state index contributed by atoms with van der Waals surface area (Å²) in [6.45, 7) is 1.91. The summed E-state index contributed by atoms with van der Waals surface area (Å²) in [5, 5.41) is 15.4. The molecule has 6 aromatic rings. The molecule has 4 heterocycles. The van der Waals surface area contributed by atoms with Crippen LogP contribution < -0.4 is 0 Å². The molecule has 0 unspecified atom stereocenters. The van der Waals surface area contributed by atoms with Gasteiger partial charge in [0, 0.05) is 21.0 Å². The predicted molar refractivity (Wildman–Crippen MR) is 125 cm³/mol. The third-order valence-electron chi connectivity index (χ3n) is 5.16. The lowest BCUT2D eigenvalue weighted by Crippen LogP contribution is -1.93. The third-order valence-corrected chi connectivity index (χ3v) is 6.59. The number of hydrogen-bond donors (Lipinski definition) is 0. The normalized spacial score (nSPS) is 11.5. The molecular formula is C23H14BrN5OS. The Morgan fingerprint density at radius 2 is 1.84 bits per heavy atom. The van der Waals surface area contributed by atoms with Crippen LogP contribution in [0.15, 0.2) is 75.8 Å². The average molecular weight is 488 g/mol. The van der Waals surface area contributed by atoms with Gasteiger partial charge >= 0.3 is 0 Å². The Balaban J connectivity index is 1.60. The largest absolute Gasteiger partial charge is 0.469 e. The first-order valence-electron chi connectivity index (χ1n) is 9.60. The minimum atomic E-state index is 0.673. The second kappa shape index (κ2) is 7.11. The Hall–Kier alpha value is -3.36. The van der Waals surface area contributed by atoms with Crippen molar-refractivity contribution in [2.45, 2.75) is 6.92 Å². The van der Waals surface area contributed by atoms with Gasteiger partial charge in [0.05, 0.1) is 23.0 Å². The van der Waals surface area contributed by atoms with Crippen LogP contribution in [0.5, 0.6) is 0 Å². The van der Waals surface area contributed by atoms with Gasteiger partial charge in [0.25, 0.3) is 0 Å². The van der Waals surface area contributed by atoms with Crippen molar-refractivity contribution in [2.75, 3.05) is 0 Å². The fraction of sp³-hybridized carbons (Fsp3) is 0.0435. The van der Waals surface area contributed by atoms with Crippen molar-refractivity contribution in [2.24, 2.45) is 0 Å². The van der Waals surface area contributed by atoms with Crippen LogP contribution in [-0.4, -0.2) is 24.8 Å². The van der Waals surface area contributed by atoms with Crippen molar-refractivity contribution < 1.29 is 4.42 Å². The summed E-state index contributed by atoms with van der Waals surface area (Å²) in [5.74, 6) is 1.46. The summed E-state index contributed by atoms with van der Waals surface area (Å²) in [4.78, 5) is 5.62.